The molecule has 0 unspecified atom stereocenters. The molecule has 1 radical (unpaired) electrons. The molecule has 0 atom stereocenters. The van der Waals surface area contributed by atoms with Crippen molar-refractivity contribution in [3.63, 3.8) is 0 Å². The molecule has 0 spiro atoms. The average molecular weight is 166 g/mol. The lowest BCUT2D eigenvalue weighted by Gasteiger charge is -1.96. The van der Waals surface area contributed by atoms with E-state index in [1.165, 1.54) is 0 Å². The van der Waals surface area contributed by atoms with Crippen LogP contribution >= 0.6 is 0 Å². The van der Waals surface area contributed by atoms with E-state index in [4.69, 9.17) is 0 Å². The van der Waals surface area contributed by atoms with Crippen LogP contribution < -0.4 is 0 Å². The van der Waals surface area contributed by atoms with Gasteiger partial charge in [0.05, 0.1) is 11.5 Å². The van der Waals surface area contributed by atoms with Gasteiger partial charge in [0.1, 0.15) is 0 Å². The van der Waals surface area contributed by atoms with Crippen molar-refractivity contribution in [1.29, 1.82) is 0 Å². The highest BCUT2D eigenvalue weighted by molar-refractivity contribution is 5.13. The van der Waals surface area contributed by atoms with Gasteiger partial charge in [0.2, 0.25) is 0 Å². The molecule has 0 aliphatic heterocycles. The molecular weight excluding hydrogens is 158 g/mol. The maximum Gasteiger partial charge on any atom is 0.410 e. The summed E-state index contributed by atoms with van der Waals surface area (Å²) in [5, 5.41) is 9.81. The zero-order valence-electron chi connectivity index (χ0n) is 6.34. The Morgan fingerprint density at radius 3 is 2.67 bits per heavy atom. The van der Waals surface area contributed by atoms with Crippen LogP contribution in [0, 0.1) is 16.8 Å². The predicted octanol–water partition coefficient (Wildman–Crippen LogP) is 1.60. The zero-order chi connectivity index (χ0) is 8.81. The van der Waals surface area contributed by atoms with Crippen molar-refractivity contribution in [2.45, 2.75) is 6.61 Å². The topological polar surface area (TPSA) is 52.4 Å². The van der Waals surface area contributed by atoms with E-state index >= 15 is 0 Å². The minimum absolute atomic E-state index is 0.238. The third-order valence-electron chi connectivity index (χ3n) is 1.25. The van der Waals surface area contributed by atoms with Crippen molar-refractivity contribution < 1.29 is 9.66 Å². The standard InChI is InChI=1S/C8H8NO3/c10-9(11)7-12-6-8-4-2-1-3-5-8/h1-5,7H,6H2. The lowest BCUT2D eigenvalue weighted by molar-refractivity contribution is -0.477. The number of benzene rings is 1. The number of rotatable bonds is 4. The lowest BCUT2D eigenvalue weighted by atomic mass is 10.2. The van der Waals surface area contributed by atoms with E-state index in [2.05, 4.69) is 4.74 Å². The Balaban J connectivity index is 2.29. The molecule has 0 amide bonds. The molecule has 0 bridgehead atoms. The minimum atomic E-state index is -0.622. The Labute approximate surface area is 69.9 Å². The van der Waals surface area contributed by atoms with E-state index in [1.54, 1.807) is 0 Å². The van der Waals surface area contributed by atoms with Gasteiger partial charge in [-0.05, 0) is 5.56 Å². The Hall–Kier alpha value is -1.42. The molecule has 0 aliphatic carbocycles. The maximum atomic E-state index is 9.81. The summed E-state index contributed by atoms with van der Waals surface area (Å²) in [6.07, 6.45) is 0. The van der Waals surface area contributed by atoms with Crippen LogP contribution in [0.2, 0.25) is 0 Å². The van der Waals surface area contributed by atoms with Crippen LogP contribution in [0.3, 0.4) is 0 Å². The van der Waals surface area contributed by atoms with E-state index in [0.717, 1.165) is 5.56 Å². The SMILES string of the molecule is O=[N+]([O-])[CH]OCc1ccccc1. The van der Waals surface area contributed by atoms with Crippen molar-refractivity contribution in [3.8, 4) is 0 Å². The van der Waals surface area contributed by atoms with Crippen molar-refractivity contribution >= 4 is 0 Å². The lowest BCUT2D eigenvalue weighted by Crippen LogP contribution is -1.98. The summed E-state index contributed by atoms with van der Waals surface area (Å²) in [5.74, 6) is 0. The van der Waals surface area contributed by atoms with Crippen molar-refractivity contribution in [3.05, 3.63) is 52.7 Å². The van der Waals surface area contributed by atoms with Gasteiger partial charge in [-0.15, -0.1) is 0 Å². The molecule has 1 aromatic carbocycles. The summed E-state index contributed by atoms with van der Waals surface area (Å²) >= 11 is 0. The first-order valence-electron chi connectivity index (χ1n) is 3.41. The molecule has 0 saturated carbocycles. The first-order chi connectivity index (χ1) is 5.79. The number of ether oxygens (including phenoxy) is 1. The maximum absolute atomic E-state index is 9.81. The zero-order valence-corrected chi connectivity index (χ0v) is 6.34. The van der Waals surface area contributed by atoms with E-state index in [-0.39, 0.29) is 6.61 Å². The summed E-state index contributed by atoms with van der Waals surface area (Å²) in [6, 6.07) is 9.26. The molecule has 0 aromatic heterocycles. The van der Waals surface area contributed by atoms with Gasteiger partial charge in [0.25, 0.3) is 0 Å². The van der Waals surface area contributed by atoms with Crippen LogP contribution in [0.4, 0.5) is 0 Å². The van der Waals surface area contributed by atoms with Crippen molar-refractivity contribution in [2.24, 2.45) is 0 Å². The summed E-state index contributed by atoms with van der Waals surface area (Å²) in [6.45, 7) is 0.828. The Morgan fingerprint density at radius 2 is 2.08 bits per heavy atom. The summed E-state index contributed by atoms with van der Waals surface area (Å²) in [5.41, 5.74) is 0.913. The Morgan fingerprint density at radius 1 is 1.42 bits per heavy atom. The van der Waals surface area contributed by atoms with Gasteiger partial charge in [0, 0.05) is 0 Å². The fraction of sp³-hybridized carbons (Fsp3) is 0.125. The molecule has 63 valence electrons. The Kier molecular flexibility index (Phi) is 3.22. The monoisotopic (exact) mass is 166 g/mol. The highest BCUT2D eigenvalue weighted by atomic mass is 16.7. The first kappa shape index (κ1) is 8.67. The normalized spacial score (nSPS) is 9.67. The third-order valence-corrected chi connectivity index (χ3v) is 1.25. The van der Waals surface area contributed by atoms with Crippen LogP contribution in [0.1, 0.15) is 5.56 Å². The number of nitro groups is 1. The molecule has 4 heteroatoms. The molecule has 0 heterocycles. The van der Waals surface area contributed by atoms with Crippen molar-refractivity contribution in [2.75, 3.05) is 0 Å². The highest BCUT2D eigenvalue weighted by Gasteiger charge is 1.98. The number of hydrogen-bond donors (Lipinski definition) is 0. The average Bonchev–Trinajstić information content (AvgIpc) is 2.05. The molecule has 0 saturated heterocycles. The quantitative estimate of drug-likeness (QED) is 0.504. The van der Waals surface area contributed by atoms with Gasteiger partial charge in [-0.3, -0.25) is 10.1 Å². The Bertz CT molecular complexity index is 248. The predicted molar refractivity (Wildman–Crippen MR) is 42.5 cm³/mol. The third kappa shape index (κ3) is 3.12. The van der Waals surface area contributed by atoms with Crippen LogP contribution in [-0.2, 0) is 11.3 Å². The van der Waals surface area contributed by atoms with Crippen molar-refractivity contribution in [1.82, 2.24) is 0 Å². The highest BCUT2D eigenvalue weighted by Crippen LogP contribution is 2.00. The second-order valence-electron chi connectivity index (χ2n) is 2.19. The van der Waals surface area contributed by atoms with Crippen LogP contribution in [0.25, 0.3) is 0 Å². The van der Waals surface area contributed by atoms with Crippen LogP contribution in [-0.4, -0.2) is 4.92 Å². The van der Waals surface area contributed by atoms with E-state index in [9.17, 15) is 10.1 Å². The van der Waals surface area contributed by atoms with E-state index < -0.39 is 4.92 Å². The molecule has 0 aliphatic rings. The minimum Gasteiger partial charge on any atom is -0.305 e. The second-order valence-corrected chi connectivity index (χ2v) is 2.19. The molecule has 12 heavy (non-hydrogen) atoms. The molecule has 1 aromatic rings. The van der Waals surface area contributed by atoms with Gasteiger partial charge in [-0.25, -0.2) is 0 Å². The fourth-order valence-corrected chi connectivity index (χ4v) is 0.769. The van der Waals surface area contributed by atoms with Crippen LogP contribution in [0.5, 0.6) is 0 Å². The smallest absolute Gasteiger partial charge is 0.305 e. The molecule has 0 N–H and O–H groups in total. The summed E-state index contributed by atoms with van der Waals surface area (Å²) in [4.78, 5) is 9.19. The van der Waals surface area contributed by atoms with Gasteiger partial charge in [-0.2, -0.15) is 0 Å². The van der Waals surface area contributed by atoms with Gasteiger partial charge >= 0.3 is 6.73 Å². The van der Waals surface area contributed by atoms with Crippen LogP contribution in [0.15, 0.2) is 30.3 Å². The number of nitrogens with zero attached hydrogens (tertiary/aromatic N) is 1. The van der Waals surface area contributed by atoms with E-state index in [1.807, 2.05) is 30.3 Å². The fourth-order valence-electron chi connectivity index (χ4n) is 0.769. The second kappa shape index (κ2) is 4.46. The summed E-state index contributed by atoms with van der Waals surface area (Å²) < 4.78 is 4.66. The van der Waals surface area contributed by atoms with E-state index in [0.29, 0.717) is 6.73 Å². The molecule has 1 rings (SSSR count). The largest absolute Gasteiger partial charge is 0.410 e. The first-order valence-corrected chi connectivity index (χ1v) is 3.41. The molecule has 4 nitrogen and oxygen atoms in total. The summed E-state index contributed by atoms with van der Waals surface area (Å²) in [7, 11) is 0. The van der Waals surface area contributed by atoms with Gasteiger partial charge in [0.15, 0.2) is 0 Å². The van der Waals surface area contributed by atoms with Gasteiger partial charge < -0.3 is 4.74 Å². The number of hydrogen-bond acceptors (Lipinski definition) is 3. The molecular formula is C8H8NO3. The van der Waals surface area contributed by atoms with Gasteiger partial charge in [-0.1, -0.05) is 30.3 Å². The molecule has 0 fully saturated rings.